The van der Waals surface area contributed by atoms with Crippen molar-refractivity contribution in [2.75, 3.05) is 18.5 Å². The molecule has 0 aromatic heterocycles. The zero-order valence-electron chi connectivity index (χ0n) is 13.5. The van der Waals surface area contributed by atoms with Crippen LogP contribution < -0.4 is 14.8 Å². The molecule has 0 unspecified atom stereocenters. The Labute approximate surface area is 136 Å². The standard InChI is InChI=1S/C19H21NO3/c1-4-22-18-10-6-8-16(12-18)20-19(21)15-7-5-9-17(11-15)23-13-14(2)3/h5-12H,2,4,13H2,1,3H3,(H,20,21). The van der Waals surface area contributed by atoms with Gasteiger partial charge in [0.25, 0.3) is 5.91 Å². The van der Waals surface area contributed by atoms with E-state index in [1.165, 1.54) is 0 Å². The molecule has 2 aromatic carbocycles. The molecule has 23 heavy (non-hydrogen) atoms. The minimum atomic E-state index is -0.195. The molecule has 0 bridgehead atoms. The predicted molar refractivity (Wildman–Crippen MR) is 92.3 cm³/mol. The van der Waals surface area contributed by atoms with Gasteiger partial charge < -0.3 is 14.8 Å². The maximum atomic E-state index is 12.3. The summed E-state index contributed by atoms with van der Waals surface area (Å²) >= 11 is 0. The van der Waals surface area contributed by atoms with Crippen LogP contribution in [0, 0.1) is 0 Å². The molecular weight excluding hydrogens is 290 g/mol. The summed E-state index contributed by atoms with van der Waals surface area (Å²) in [6, 6.07) is 14.4. The van der Waals surface area contributed by atoms with E-state index in [9.17, 15) is 4.79 Å². The fraction of sp³-hybridized carbons (Fsp3) is 0.211. The molecule has 1 N–H and O–H groups in total. The smallest absolute Gasteiger partial charge is 0.255 e. The third-order valence-corrected chi connectivity index (χ3v) is 2.98. The van der Waals surface area contributed by atoms with Crippen molar-refractivity contribution in [2.24, 2.45) is 0 Å². The maximum Gasteiger partial charge on any atom is 0.255 e. The quantitative estimate of drug-likeness (QED) is 0.776. The molecular formula is C19H21NO3. The van der Waals surface area contributed by atoms with Gasteiger partial charge in [-0.05, 0) is 49.8 Å². The Morgan fingerprint density at radius 1 is 1.09 bits per heavy atom. The maximum absolute atomic E-state index is 12.3. The lowest BCUT2D eigenvalue weighted by Crippen LogP contribution is -2.12. The number of ether oxygens (including phenoxy) is 2. The first-order valence-electron chi connectivity index (χ1n) is 7.50. The van der Waals surface area contributed by atoms with Crippen LogP contribution in [0.25, 0.3) is 0 Å². The molecule has 4 heteroatoms. The number of hydrogen-bond donors (Lipinski definition) is 1. The number of carbonyl (C=O) groups excluding carboxylic acids is 1. The van der Waals surface area contributed by atoms with E-state index < -0.39 is 0 Å². The second-order valence-corrected chi connectivity index (χ2v) is 5.19. The summed E-state index contributed by atoms with van der Waals surface area (Å²) in [5.74, 6) is 1.17. The lowest BCUT2D eigenvalue weighted by Gasteiger charge is -2.10. The van der Waals surface area contributed by atoms with Crippen molar-refractivity contribution < 1.29 is 14.3 Å². The number of benzene rings is 2. The SMILES string of the molecule is C=C(C)COc1cccc(C(=O)Nc2cccc(OCC)c2)c1. The molecule has 0 atom stereocenters. The van der Waals surface area contributed by atoms with Gasteiger partial charge >= 0.3 is 0 Å². The first-order chi connectivity index (χ1) is 11.1. The van der Waals surface area contributed by atoms with E-state index in [1.807, 2.05) is 38.1 Å². The van der Waals surface area contributed by atoms with E-state index in [4.69, 9.17) is 9.47 Å². The van der Waals surface area contributed by atoms with E-state index in [0.717, 1.165) is 11.3 Å². The average molecular weight is 311 g/mol. The van der Waals surface area contributed by atoms with Crippen molar-refractivity contribution in [1.82, 2.24) is 0 Å². The molecule has 4 nitrogen and oxygen atoms in total. The highest BCUT2D eigenvalue weighted by atomic mass is 16.5. The summed E-state index contributed by atoms with van der Waals surface area (Å²) < 4.78 is 11.0. The van der Waals surface area contributed by atoms with Gasteiger partial charge in [0.2, 0.25) is 0 Å². The second-order valence-electron chi connectivity index (χ2n) is 5.19. The molecule has 0 aliphatic rings. The number of anilines is 1. The molecule has 0 saturated heterocycles. The monoisotopic (exact) mass is 311 g/mol. The molecule has 120 valence electrons. The van der Waals surface area contributed by atoms with Gasteiger partial charge in [-0.1, -0.05) is 18.7 Å². The van der Waals surface area contributed by atoms with Crippen LogP contribution in [-0.4, -0.2) is 19.1 Å². The van der Waals surface area contributed by atoms with Gasteiger partial charge in [0.1, 0.15) is 18.1 Å². The lowest BCUT2D eigenvalue weighted by atomic mass is 10.2. The highest BCUT2D eigenvalue weighted by molar-refractivity contribution is 6.04. The topological polar surface area (TPSA) is 47.6 Å². The van der Waals surface area contributed by atoms with Gasteiger partial charge in [-0.2, -0.15) is 0 Å². The summed E-state index contributed by atoms with van der Waals surface area (Å²) in [5, 5.41) is 2.86. The largest absolute Gasteiger partial charge is 0.494 e. The van der Waals surface area contributed by atoms with Crippen LogP contribution >= 0.6 is 0 Å². The minimum absolute atomic E-state index is 0.195. The summed E-state index contributed by atoms with van der Waals surface area (Å²) in [4.78, 5) is 12.3. The number of rotatable bonds is 7. The van der Waals surface area contributed by atoms with Crippen molar-refractivity contribution in [1.29, 1.82) is 0 Å². The number of carbonyl (C=O) groups is 1. The fourth-order valence-corrected chi connectivity index (χ4v) is 1.97. The van der Waals surface area contributed by atoms with E-state index >= 15 is 0 Å². The first kappa shape index (κ1) is 16.6. The van der Waals surface area contributed by atoms with Gasteiger partial charge in [-0.25, -0.2) is 0 Å². The second kappa shape index (κ2) is 8.03. The van der Waals surface area contributed by atoms with Gasteiger partial charge in [-0.15, -0.1) is 0 Å². The summed E-state index contributed by atoms with van der Waals surface area (Å²) in [6.45, 7) is 8.61. The summed E-state index contributed by atoms with van der Waals surface area (Å²) in [5.41, 5.74) is 2.15. The van der Waals surface area contributed by atoms with Crippen LogP contribution in [0.3, 0.4) is 0 Å². The van der Waals surface area contributed by atoms with Gasteiger partial charge in [0.05, 0.1) is 6.61 Å². The lowest BCUT2D eigenvalue weighted by molar-refractivity contribution is 0.102. The van der Waals surface area contributed by atoms with Crippen molar-refractivity contribution >= 4 is 11.6 Å². The zero-order chi connectivity index (χ0) is 16.7. The molecule has 0 spiro atoms. The van der Waals surface area contributed by atoms with Crippen molar-refractivity contribution in [3.05, 3.63) is 66.2 Å². The van der Waals surface area contributed by atoms with Gasteiger partial charge in [-0.3, -0.25) is 4.79 Å². The average Bonchev–Trinajstić information content (AvgIpc) is 2.54. The van der Waals surface area contributed by atoms with Crippen molar-refractivity contribution in [2.45, 2.75) is 13.8 Å². The Bertz CT molecular complexity index is 695. The van der Waals surface area contributed by atoms with E-state index in [-0.39, 0.29) is 5.91 Å². The zero-order valence-corrected chi connectivity index (χ0v) is 13.5. The predicted octanol–water partition coefficient (Wildman–Crippen LogP) is 4.29. The highest BCUT2D eigenvalue weighted by Crippen LogP contribution is 2.19. The molecule has 0 heterocycles. The molecule has 1 amide bonds. The molecule has 0 aliphatic heterocycles. The molecule has 0 fully saturated rings. The third-order valence-electron chi connectivity index (χ3n) is 2.98. The van der Waals surface area contributed by atoms with E-state index in [0.29, 0.717) is 30.2 Å². The van der Waals surface area contributed by atoms with Crippen molar-refractivity contribution in [3.63, 3.8) is 0 Å². The summed E-state index contributed by atoms with van der Waals surface area (Å²) in [6.07, 6.45) is 0. The normalized spacial score (nSPS) is 10.0. The Kier molecular flexibility index (Phi) is 5.80. The Hall–Kier alpha value is -2.75. The van der Waals surface area contributed by atoms with Gasteiger partial charge in [0, 0.05) is 17.3 Å². The Balaban J connectivity index is 2.07. The number of nitrogens with one attached hydrogen (secondary N) is 1. The molecule has 0 aliphatic carbocycles. The number of amides is 1. The Morgan fingerprint density at radius 2 is 1.78 bits per heavy atom. The van der Waals surface area contributed by atoms with Crippen LogP contribution in [-0.2, 0) is 0 Å². The van der Waals surface area contributed by atoms with Crippen LogP contribution in [0.1, 0.15) is 24.2 Å². The third kappa shape index (κ3) is 5.18. The molecule has 0 radical (unpaired) electrons. The molecule has 2 aromatic rings. The number of hydrogen-bond acceptors (Lipinski definition) is 3. The Morgan fingerprint density at radius 3 is 2.48 bits per heavy atom. The first-order valence-corrected chi connectivity index (χ1v) is 7.50. The van der Waals surface area contributed by atoms with Crippen LogP contribution in [0.2, 0.25) is 0 Å². The van der Waals surface area contributed by atoms with Crippen LogP contribution in [0.15, 0.2) is 60.7 Å². The molecule has 0 saturated carbocycles. The van der Waals surface area contributed by atoms with Crippen molar-refractivity contribution in [3.8, 4) is 11.5 Å². The minimum Gasteiger partial charge on any atom is -0.494 e. The molecule has 2 rings (SSSR count). The summed E-state index contributed by atoms with van der Waals surface area (Å²) in [7, 11) is 0. The highest BCUT2D eigenvalue weighted by Gasteiger charge is 2.08. The van der Waals surface area contributed by atoms with Crippen LogP contribution in [0.4, 0.5) is 5.69 Å². The van der Waals surface area contributed by atoms with Gasteiger partial charge in [0.15, 0.2) is 0 Å². The fourth-order valence-electron chi connectivity index (χ4n) is 1.97. The van der Waals surface area contributed by atoms with E-state index in [2.05, 4.69) is 11.9 Å². The van der Waals surface area contributed by atoms with Crippen LogP contribution in [0.5, 0.6) is 11.5 Å². The van der Waals surface area contributed by atoms with E-state index in [1.54, 1.807) is 24.3 Å².